The molecule has 9 heteroatoms. The van der Waals surface area contributed by atoms with E-state index in [4.69, 9.17) is 18.6 Å². The summed E-state index contributed by atoms with van der Waals surface area (Å²) in [5.74, 6) is 2.12. The normalized spacial score (nSPS) is 14.4. The zero-order valence-corrected chi connectivity index (χ0v) is 19.3. The molecule has 4 rings (SSSR count). The monoisotopic (exact) mass is 467 g/mol. The maximum atomic E-state index is 13.1. The first-order chi connectivity index (χ1) is 16.5. The van der Waals surface area contributed by atoms with Crippen LogP contribution in [0, 0.1) is 5.82 Å². The highest BCUT2D eigenvalue weighted by molar-refractivity contribution is 5.92. The van der Waals surface area contributed by atoms with Gasteiger partial charge in [-0.15, -0.1) is 10.2 Å². The van der Waals surface area contributed by atoms with E-state index < -0.39 is 0 Å². The number of likely N-dealkylation sites (tertiary alicyclic amines) is 1. The molecule has 1 fully saturated rings. The molecule has 0 bridgehead atoms. The van der Waals surface area contributed by atoms with E-state index in [1.54, 1.807) is 62.6 Å². The average Bonchev–Trinajstić information content (AvgIpc) is 3.37. The minimum absolute atomic E-state index is 0.0739. The number of amides is 1. The number of methoxy groups -OCH3 is 3. The minimum atomic E-state index is -0.320. The van der Waals surface area contributed by atoms with Crippen molar-refractivity contribution >= 4 is 12.0 Å². The van der Waals surface area contributed by atoms with Gasteiger partial charge in [-0.05, 0) is 60.9 Å². The first-order valence-electron chi connectivity index (χ1n) is 10.9. The van der Waals surface area contributed by atoms with E-state index >= 15 is 0 Å². The van der Waals surface area contributed by atoms with Gasteiger partial charge in [0.15, 0.2) is 11.5 Å². The maximum Gasteiger partial charge on any atom is 0.247 e. The molecule has 1 aliphatic rings. The third-order valence-electron chi connectivity index (χ3n) is 5.79. The number of hydrogen-bond donors (Lipinski definition) is 0. The van der Waals surface area contributed by atoms with Crippen LogP contribution < -0.4 is 14.2 Å². The third-order valence-corrected chi connectivity index (χ3v) is 5.79. The van der Waals surface area contributed by atoms with Crippen LogP contribution >= 0.6 is 0 Å². The molecule has 0 radical (unpaired) electrons. The molecule has 1 aromatic heterocycles. The second-order valence-corrected chi connectivity index (χ2v) is 7.84. The Hall–Kier alpha value is -3.88. The van der Waals surface area contributed by atoms with Crippen molar-refractivity contribution in [2.75, 3.05) is 34.4 Å². The summed E-state index contributed by atoms with van der Waals surface area (Å²) in [5, 5.41) is 8.26. The van der Waals surface area contributed by atoms with Crippen LogP contribution in [0.2, 0.25) is 0 Å². The van der Waals surface area contributed by atoms with Crippen LogP contribution in [-0.2, 0) is 4.79 Å². The molecular formula is C25H26FN3O5. The number of halogens is 1. The van der Waals surface area contributed by atoms with Gasteiger partial charge in [0.1, 0.15) is 5.82 Å². The number of rotatable bonds is 7. The van der Waals surface area contributed by atoms with Crippen molar-refractivity contribution in [3.63, 3.8) is 0 Å². The van der Waals surface area contributed by atoms with Gasteiger partial charge in [0.2, 0.25) is 23.4 Å². The van der Waals surface area contributed by atoms with Gasteiger partial charge >= 0.3 is 0 Å². The molecule has 0 unspecified atom stereocenters. The average molecular weight is 467 g/mol. The zero-order valence-electron chi connectivity index (χ0n) is 19.3. The molecule has 1 amide bonds. The van der Waals surface area contributed by atoms with Crippen LogP contribution in [0.15, 0.2) is 46.9 Å². The third kappa shape index (κ3) is 5.03. The van der Waals surface area contributed by atoms with Crippen LogP contribution in [0.3, 0.4) is 0 Å². The van der Waals surface area contributed by atoms with Crippen molar-refractivity contribution in [3.05, 3.63) is 59.7 Å². The quantitative estimate of drug-likeness (QED) is 0.478. The Labute approximate surface area is 196 Å². The summed E-state index contributed by atoms with van der Waals surface area (Å²) in [6.45, 7) is 1.16. The second-order valence-electron chi connectivity index (χ2n) is 7.84. The molecule has 34 heavy (non-hydrogen) atoms. The molecule has 2 aromatic carbocycles. The predicted octanol–water partition coefficient (Wildman–Crippen LogP) is 4.32. The molecule has 0 saturated carbocycles. The molecule has 1 saturated heterocycles. The zero-order chi connectivity index (χ0) is 24.1. The Morgan fingerprint density at radius 2 is 1.68 bits per heavy atom. The highest BCUT2D eigenvalue weighted by Crippen LogP contribution is 2.38. The Morgan fingerprint density at radius 1 is 1.03 bits per heavy atom. The van der Waals surface area contributed by atoms with Crippen LogP contribution in [0.1, 0.15) is 30.2 Å². The summed E-state index contributed by atoms with van der Waals surface area (Å²) < 4.78 is 35.0. The molecule has 0 atom stereocenters. The van der Waals surface area contributed by atoms with E-state index in [-0.39, 0.29) is 17.6 Å². The smallest absolute Gasteiger partial charge is 0.247 e. The lowest BCUT2D eigenvalue weighted by Crippen LogP contribution is -2.36. The summed E-state index contributed by atoms with van der Waals surface area (Å²) >= 11 is 0. The van der Waals surface area contributed by atoms with Crippen molar-refractivity contribution in [2.24, 2.45) is 0 Å². The number of carbonyl (C=O) groups is 1. The number of nitrogens with zero attached hydrogens (tertiary/aromatic N) is 3. The number of ether oxygens (including phenoxy) is 3. The predicted molar refractivity (Wildman–Crippen MR) is 123 cm³/mol. The van der Waals surface area contributed by atoms with E-state index in [1.165, 1.54) is 12.1 Å². The Bertz CT molecular complexity index is 1140. The molecule has 3 aromatic rings. The summed E-state index contributed by atoms with van der Waals surface area (Å²) in [7, 11) is 4.64. The van der Waals surface area contributed by atoms with Gasteiger partial charge in [0, 0.05) is 30.6 Å². The minimum Gasteiger partial charge on any atom is -0.493 e. The van der Waals surface area contributed by atoms with E-state index in [9.17, 15) is 9.18 Å². The van der Waals surface area contributed by atoms with Crippen molar-refractivity contribution in [2.45, 2.75) is 18.8 Å². The van der Waals surface area contributed by atoms with Gasteiger partial charge < -0.3 is 23.5 Å². The summed E-state index contributed by atoms with van der Waals surface area (Å²) in [4.78, 5) is 14.5. The highest BCUT2D eigenvalue weighted by Gasteiger charge is 2.27. The standard InChI is InChI=1S/C25H26FN3O5/c1-31-20-14-16(15-21(32-2)23(20)33-3)4-9-22(30)29-12-10-18(11-13-29)25-28-27-24(34-25)17-5-7-19(26)8-6-17/h4-9,14-15,18H,10-13H2,1-3H3/b9-4+. The number of aromatic nitrogens is 2. The van der Waals surface area contributed by atoms with E-state index in [0.29, 0.717) is 47.7 Å². The Morgan fingerprint density at radius 3 is 2.26 bits per heavy atom. The summed E-state index contributed by atoms with van der Waals surface area (Å²) in [6, 6.07) is 9.49. The van der Waals surface area contributed by atoms with E-state index in [1.807, 2.05) is 0 Å². The van der Waals surface area contributed by atoms with Gasteiger partial charge in [0.25, 0.3) is 0 Å². The van der Waals surface area contributed by atoms with Crippen molar-refractivity contribution in [3.8, 4) is 28.7 Å². The van der Waals surface area contributed by atoms with Gasteiger partial charge in [-0.1, -0.05) is 0 Å². The number of piperidine rings is 1. The first-order valence-corrected chi connectivity index (χ1v) is 10.9. The van der Waals surface area contributed by atoms with Crippen molar-refractivity contribution in [1.82, 2.24) is 15.1 Å². The SMILES string of the molecule is COc1cc(/C=C/C(=O)N2CCC(c3nnc(-c4ccc(F)cc4)o3)CC2)cc(OC)c1OC. The van der Waals surface area contributed by atoms with Gasteiger partial charge in [-0.2, -0.15) is 0 Å². The second kappa shape index (κ2) is 10.4. The molecule has 0 N–H and O–H groups in total. The highest BCUT2D eigenvalue weighted by atomic mass is 19.1. The van der Waals surface area contributed by atoms with Gasteiger partial charge in [-0.3, -0.25) is 4.79 Å². The topological polar surface area (TPSA) is 86.9 Å². The lowest BCUT2D eigenvalue weighted by Gasteiger charge is -2.29. The van der Waals surface area contributed by atoms with Crippen LogP contribution in [0.25, 0.3) is 17.5 Å². The molecule has 0 aliphatic carbocycles. The van der Waals surface area contributed by atoms with Gasteiger partial charge in [-0.25, -0.2) is 4.39 Å². The lowest BCUT2D eigenvalue weighted by molar-refractivity contribution is -0.127. The fourth-order valence-electron chi connectivity index (χ4n) is 3.93. The fourth-order valence-corrected chi connectivity index (χ4v) is 3.93. The van der Waals surface area contributed by atoms with Crippen molar-refractivity contribution < 1.29 is 27.8 Å². The molecule has 8 nitrogen and oxygen atoms in total. The Kier molecular flexibility index (Phi) is 7.10. The van der Waals surface area contributed by atoms with E-state index in [0.717, 1.165) is 18.4 Å². The Balaban J connectivity index is 1.37. The van der Waals surface area contributed by atoms with Crippen LogP contribution in [0.4, 0.5) is 4.39 Å². The number of carbonyl (C=O) groups excluding carboxylic acids is 1. The molecule has 178 valence electrons. The molecule has 1 aliphatic heterocycles. The molecule has 0 spiro atoms. The summed E-state index contributed by atoms with van der Waals surface area (Å²) in [6.07, 6.45) is 4.70. The van der Waals surface area contributed by atoms with E-state index in [2.05, 4.69) is 10.2 Å². The van der Waals surface area contributed by atoms with Crippen molar-refractivity contribution in [1.29, 1.82) is 0 Å². The molecular weight excluding hydrogens is 441 g/mol. The van der Waals surface area contributed by atoms with Crippen LogP contribution in [-0.4, -0.2) is 55.4 Å². The summed E-state index contributed by atoms with van der Waals surface area (Å²) in [5.41, 5.74) is 1.43. The number of benzene rings is 2. The first kappa shape index (κ1) is 23.3. The number of hydrogen-bond acceptors (Lipinski definition) is 7. The molecule has 2 heterocycles. The maximum absolute atomic E-state index is 13.1. The largest absolute Gasteiger partial charge is 0.493 e. The van der Waals surface area contributed by atoms with Crippen LogP contribution in [0.5, 0.6) is 17.2 Å². The fraction of sp³-hybridized carbons (Fsp3) is 0.320. The lowest BCUT2D eigenvalue weighted by atomic mass is 9.97. The van der Waals surface area contributed by atoms with Gasteiger partial charge in [0.05, 0.1) is 21.3 Å².